The molecule has 1 rings (SSSR count). The summed E-state index contributed by atoms with van der Waals surface area (Å²) in [6.07, 6.45) is 5.91. The molecule has 4 nitrogen and oxygen atoms in total. The summed E-state index contributed by atoms with van der Waals surface area (Å²) in [5.41, 5.74) is 7.01. The van der Waals surface area contributed by atoms with E-state index in [4.69, 9.17) is 15.9 Å². The van der Waals surface area contributed by atoms with Gasteiger partial charge in [-0.3, -0.25) is 0 Å². The second-order valence-corrected chi connectivity index (χ2v) is 2.89. The van der Waals surface area contributed by atoms with E-state index in [9.17, 15) is 0 Å². The van der Waals surface area contributed by atoms with Crippen LogP contribution in [-0.2, 0) is 6.61 Å². The lowest BCUT2D eigenvalue weighted by Crippen LogP contribution is -1.97. The van der Waals surface area contributed by atoms with Crippen LogP contribution in [-0.4, -0.2) is 21.8 Å². The van der Waals surface area contributed by atoms with Crippen molar-refractivity contribution in [2.24, 2.45) is 0 Å². The van der Waals surface area contributed by atoms with Crippen LogP contribution in [0.1, 0.15) is 17.5 Å². The highest BCUT2D eigenvalue weighted by molar-refractivity contribution is 5.53. The fourth-order valence-electron chi connectivity index (χ4n) is 1.05. The highest BCUT2D eigenvalue weighted by atomic mass is 16.3. The number of aliphatic hydroxyl groups excluding tert-OH is 2. The fourth-order valence-corrected chi connectivity index (χ4v) is 1.05. The van der Waals surface area contributed by atoms with Gasteiger partial charge in [0, 0.05) is 18.4 Å². The van der Waals surface area contributed by atoms with Crippen molar-refractivity contribution in [2.75, 3.05) is 12.3 Å². The van der Waals surface area contributed by atoms with Gasteiger partial charge in [-0.2, -0.15) is 0 Å². The van der Waals surface area contributed by atoms with Gasteiger partial charge in [0.25, 0.3) is 0 Å². The molecule has 0 aromatic carbocycles. The van der Waals surface area contributed by atoms with Crippen molar-refractivity contribution in [3.05, 3.63) is 29.5 Å². The van der Waals surface area contributed by atoms with Gasteiger partial charge < -0.3 is 15.9 Å². The maximum atomic E-state index is 8.93. The molecule has 0 atom stereocenters. The van der Waals surface area contributed by atoms with Crippen molar-refractivity contribution in [3.63, 3.8) is 0 Å². The minimum absolute atomic E-state index is 0.111. The summed E-state index contributed by atoms with van der Waals surface area (Å²) < 4.78 is 0. The van der Waals surface area contributed by atoms with Gasteiger partial charge in [0.15, 0.2) is 0 Å². The molecule has 0 aliphatic rings. The van der Waals surface area contributed by atoms with Crippen LogP contribution in [0.25, 0.3) is 6.08 Å². The topological polar surface area (TPSA) is 79.4 Å². The maximum absolute atomic E-state index is 8.93. The molecule has 0 aliphatic heterocycles. The highest BCUT2D eigenvalue weighted by Gasteiger charge is 1.98. The van der Waals surface area contributed by atoms with E-state index in [2.05, 4.69) is 4.98 Å². The monoisotopic (exact) mass is 194 g/mol. The number of nitrogens with two attached hydrogens (primary N) is 1. The van der Waals surface area contributed by atoms with Gasteiger partial charge >= 0.3 is 0 Å². The Balaban J connectivity index is 2.79. The molecule has 0 saturated heterocycles. The first-order valence-corrected chi connectivity index (χ1v) is 4.40. The lowest BCUT2D eigenvalue weighted by molar-refractivity contribution is 0.282. The molecule has 76 valence electrons. The van der Waals surface area contributed by atoms with Crippen LogP contribution >= 0.6 is 0 Å². The van der Waals surface area contributed by atoms with Gasteiger partial charge in [-0.05, 0) is 18.1 Å². The van der Waals surface area contributed by atoms with Crippen molar-refractivity contribution in [2.45, 2.75) is 13.0 Å². The van der Waals surface area contributed by atoms with Crippen LogP contribution < -0.4 is 5.73 Å². The predicted octanol–water partition coefficient (Wildman–Crippen LogP) is 0.552. The van der Waals surface area contributed by atoms with Crippen molar-refractivity contribution in [1.82, 2.24) is 4.98 Å². The van der Waals surface area contributed by atoms with Crippen molar-refractivity contribution in [3.8, 4) is 0 Å². The highest BCUT2D eigenvalue weighted by Crippen LogP contribution is 2.11. The van der Waals surface area contributed by atoms with Crippen LogP contribution in [0.15, 0.2) is 18.3 Å². The standard InChI is InChI=1S/C10H14N2O2/c11-10-9(7-14)5-8(6-12-10)3-1-2-4-13/h1,3,5-6,13-14H,2,4,7H2,(H2,11,12). The first-order valence-electron chi connectivity index (χ1n) is 4.40. The Bertz CT molecular complexity index is 324. The lowest BCUT2D eigenvalue weighted by atomic mass is 10.2. The van der Waals surface area contributed by atoms with Crippen LogP contribution in [0.2, 0.25) is 0 Å². The minimum Gasteiger partial charge on any atom is -0.396 e. The molecule has 14 heavy (non-hydrogen) atoms. The number of hydrogen-bond acceptors (Lipinski definition) is 4. The van der Waals surface area contributed by atoms with Gasteiger partial charge in [-0.25, -0.2) is 4.98 Å². The Kier molecular flexibility index (Phi) is 4.10. The molecule has 0 spiro atoms. The van der Waals surface area contributed by atoms with E-state index in [1.807, 2.05) is 12.2 Å². The van der Waals surface area contributed by atoms with Gasteiger partial charge in [-0.1, -0.05) is 12.2 Å². The Hall–Kier alpha value is -1.39. The summed E-state index contributed by atoms with van der Waals surface area (Å²) in [6, 6.07) is 1.77. The summed E-state index contributed by atoms with van der Waals surface area (Å²) >= 11 is 0. The minimum atomic E-state index is -0.111. The summed E-state index contributed by atoms with van der Waals surface area (Å²) in [5.74, 6) is 0.354. The SMILES string of the molecule is Nc1ncc(C=CCCO)cc1CO. The predicted molar refractivity (Wildman–Crippen MR) is 55.3 cm³/mol. The van der Waals surface area contributed by atoms with Gasteiger partial charge in [0.1, 0.15) is 5.82 Å². The molecule has 4 heteroatoms. The van der Waals surface area contributed by atoms with Gasteiger partial charge in [0.05, 0.1) is 6.61 Å². The number of aromatic nitrogens is 1. The number of aliphatic hydroxyl groups is 2. The van der Waals surface area contributed by atoms with Gasteiger partial charge in [-0.15, -0.1) is 0 Å². The Labute approximate surface area is 82.7 Å². The number of nitrogens with zero attached hydrogens (tertiary/aromatic N) is 1. The van der Waals surface area contributed by atoms with E-state index < -0.39 is 0 Å². The van der Waals surface area contributed by atoms with E-state index in [-0.39, 0.29) is 13.2 Å². The fraction of sp³-hybridized carbons (Fsp3) is 0.300. The third-order valence-electron chi connectivity index (χ3n) is 1.80. The summed E-state index contributed by atoms with van der Waals surface area (Å²) in [5, 5.41) is 17.5. The molecule has 4 N–H and O–H groups in total. The molecule has 0 fully saturated rings. The van der Waals surface area contributed by atoms with Crippen LogP contribution in [0, 0.1) is 0 Å². The van der Waals surface area contributed by atoms with Crippen molar-refractivity contribution >= 4 is 11.9 Å². The second-order valence-electron chi connectivity index (χ2n) is 2.89. The zero-order valence-corrected chi connectivity index (χ0v) is 7.85. The van der Waals surface area contributed by atoms with Crippen molar-refractivity contribution < 1.29 is 10.2 Å². The lowest BCUT2D eigenvalue weighted by Gasteiger charge is -2.01. The Morgan fingerprint density at radius 1 is 1.43 bits per heavy atom. The summed E-state index contributed by atoms with van der Waals surface area (Å²) in [6.45, 7) is 0.0201. The number of rotatable bonds is 4. The average molecular weight is 194 g/mol. The normalized spacial score (nSPS) is 11.0. The molecule has 1 aromatic heterocycles. The zero-order valence-electron chi connectivity index (χ0n) is 7.85. The molecule has 0 radical (unpaired) electrons. The first kappa shape index (κ1) is 10.7. The largest absolute Gasteiger partial charge is 0.396 e. The molecular formula is C10H14N2O2. The van der Waals surface area contributed by atoms with Crippen LogP contribution in [0.3, 0.4) is 0 Å². The van der Waals surface area contributed by atoms with E-state index in [1.165, 1.54) is 0 Å². The van der Waals surface area contributed by atoms with E-state index in [0.717, 1.165) is 5.56 Å². The quantitative estimate of drug-likeness (QED) is 0.654. The van der Waals surface area contributed by atoms with Crippen molar-refractivity contribution in [1.29, 1.82) is 0 Å². The number of nitrogen functional groups attached to an aromatic ring is 1. The van der Waals surface area contributed by atoms with Crippen LogP contribution in [0.5, 0.6) is 0 Å². The van der Waals surface area contributed by atoms with Gasteiger partial charge in [0.2, 0.25) is 0 Å². The first-order chi connectivity index (χ1) is 6.77. The molecule has 0 bridgehead atoms. The third-order valence-corrected chi connectivity index (χ3v) is 1.80. The zero-order chi connectivity index (χ0) is 10.4. The smallest absolute Gasteiger partial charge is 0.128 e. The molecule has 0 unspecified atom stereocenters. The van der Waals surface area contributed by atoms with Crippen LogP contribution in [0.4, 0.5) is 5.82 Å². The Morgan fingerprint density at radius 2 is 2.21 bits per heavy atom. The summed E-state index contributed by atoms with van der Waals surface area (Å²) in [4.78, 5) is 3.93. The molecule has 1 heterocycles. The molecule has 0 saturated carbocycles. The summed E-state index contributed by atoms with van der Waals surface area (Å²) in [7, 11) is 0. The second kappa shape index (κ2) is 5.36. The molecule has 1 aromatic rings. The van der Waals surface area contributed by atoms with E-state index in [1.54, 1.807) is 12.3 Å². The number of hydrogen-bond donors (Lipinski definition) is 3. The third kappa shape index (κ3) is 2.83. The van der Waals surface area contributed by atoms with E-state index >= 15 is 0 Å². The number of anilines is 1. The molecule has 0 aliphatic carbocycles. The molecular weight excluding hydrogens is 180 g/mol. The Morgan fingerprint density at radius 3 is 2.86 bits per heavy atom. The number of pyridine rings is 1. The molecule has 0 amide bonds. The van der Waals surface area contributed by atoms with E-state index in [0.29, 0.717) is 17.8 Å². The maximum Gasteiger partial charge on any atom is 0.128 e. The average Bonchev–Trinajstić information content (AvgIpc) is 2.21.